The molecule has 0 unspecified atom stereocenters. The summed E-state index contributed by atoms with van der Waals surface area (Å²) in [6.45, 7) is 1.58. The number of ether oxygens (including phenoxy) is 1. The minimum Gasteiger partial charge on any atom is -0.480 e. The number of halogens is 1. The summed E-state index contributed by atoms with van der Waals surface area (Å²) in [4.78, 5) is 38.0. The second kappa shape index (κ2) is 15.9. The second-order valence-corrected chi connectivity index (χ2v) is 14.5. The van der Waals surface area contributed by atoms with Crippen LogP contribution in [0, 0.1) is 0 Å². The largest absolute Gasteiger partial charge is 0.480 e. The molecule has 2 aliphatic rings. The summed E-state index contributed by atoms with van der Waals surface area (Å²) in [5.41, 5.74) is 2.85. The number of rotatable bonds is 10. The molecular weight excluding hydrogens is 686 g/mol. The van der Waals surface area contributed by atoms with Crippen molar-refractivity contribution >= 4 is 60.9 Å². The number of anilines is 2. The highest BCUT2D eigenvalue weighted by molar-refractivity contribution is 7.90. The van der Waals surface area contributed by atoms with Crippen molar-refractivity contribution in [3.05, 3.63) is 82.9 Å². The van der Waals surface area contributed by atoms with Crippen LogP contribution in [0.25, 0.3) is 0 Å². The molecule has 0 saturated heterocycles. The number of aliphatic carboxylic acids is 1. The number of primary sulfonamides is 1. The fraction of sp³-hybridized carbons (Fsp3) is 0.323. The number of carboxylic acids is 1. The average Bonchev–Trinajstić information content (AvgIpc) is 3.15. The van der Waals surface area contributed by atoms with E-state index < -0.39 is 55.5 Å². The minimum absolute atomic E-state index is 0.0143. The number of hydrogen-bond donors (Lipinski definition) is 5. The van der Waals surface area contributed by atoms with Gasteiger partial charge in [0.15, 0.2) is 0 Å². The van der Waals surface area contributed by atoms with Crippen molar-refractivity contribution in [2.45, 2.75) is 54.5 Å². The number of nitrogens with zero attached hydrogens (tertiary/aromatic N) is 1. The van der Waals surface area contributed by atoms with Crippen LogP contribution in [0.4, 0.5) is 11.4 Å². The van der Waals surface area contributed by atoms with E-state index in [4.69, 9.17) is 21.5 Å². The van der Waals surface area contributed by atoms with E-state index in [0.717, 1.165) is 17.2 Å². The number of amides is 1. The minimum atomic E-state index is -4.07. The smallest absolute Gasteiger partial charge is 0.323 e. The van der Waals surface area contributed by atoms with Crippen molar-refractivity contribution in [3.8, 4) is 0 Å². The molecule has 258 valence electrons. The van der Waals surface area contributed by atoms with Crippen molar-refractivity contribution in [1.29, 1.82) is 0 Å². The lowest BCUT2D eigenvalue weighted by atomic mass is 10.0. The number of aryl methyl sites for hydroxylation is 2. The third-order valence-corrected chi connectivity index (χ3v) is 10.4. The summed E-state index contributed by atoms with van der Waals surface area (Å²) in [7, 11) is -7.80. The summed E-state index contributed by atoms with van der Waals surface area (Å²) in [5.74, 6) is -1.84. The van der Waals surface area contributed by atoms with Crippen LogP contribution in [0.15, 0.2) is 76.5 Å². The van der Waals surface area contributed by atoms with Crippen molar-refractivity contribution in [2.75, 3.05) is 30.0 Å². The van der Waals surface area contributed by atoms with Gasteiger partial charge in [0.25, 0.3) is 0 Å². The van der Waals surface area contributed by atoms with Gasteiger partial charge in [0.05, 0.1) is 30.0 Å². The maximum Gasteiger partial charge on any atom is 0.323 e. The van der Waals surface area contributed by atoms with Gasteiger partial charge in [-0.15, -0.1) is 0 Å². The Morgan fingerprint density at radius 3 is 2.50 bits per heavy atom. The molecule has 48 heavy (non-hydrogen) atoms. The van der Waals surface area contributed by atoms with E-state index in [-0.39, 0.29) is 34.8 Å². The van der Waals surface area contributed by atoms with Gasteiger partial charge in [0.1, 0.15) is 22.4 Å². The van der Waals surface area contributed by atoms with Crippen molar-refractivity contribution < 1.29 is 41.1 Å². The molecule has 0 aliphatic carbocycles. The molecule has 0 aromatic heterocycles. The Labute approximate surface area is 283 Å². The molecular formula is C31H36ClN5O9S2. The molecule has 0 spiro atoms. The molecule has 0 saturated carbocycles. The number of carbonyl (C=O) groups excluding carboxylic acids is 2. The zero-order chi connectivity index (χ0) is 35.1. The van der Waals surface area contributed by atoms with E-state index in [1.54, 1.807) is 19.1 Å². The second-order valence-electron chi connectivity index (χ2n) is 10.9. The van der Waals surface area contributed by atoms with Crippen molar-refractivity contribution in [1.82, 2.24) is 10.0 Å². The van der Waals surface area contributed by atoms with Crippen LogP contribution in [-0.2, 0) is 52.0 Å². The van der Waals surface area contributed by atoms with E-state index in [9.17, 15) is 36.3 Å². The third-order valence-electron chi connectivity index (χ3n) is 7.55. The van der Waals surface area contributed by atoms with Crippen molar-refractivity contribution in [2.24, 2.45) is 5.14 Å². The molecule has 2 atom stereocenters. The van der Waals surface area contributed by atoms with Gasteiger partial charge in [-0.05, 0) is 61.9 Å². The van der Waals surface area contributed by atoms with Gasteiger partial charge >= 0.3 is 11.9 Å². The molecule has 5 rings (SSSR count). The number of fused-ring (bicyclic) bond motifs is 2. The highest BCUT2D eigenvalue weighted by atomic mass is 35.5. The lowest BCUT2D eigenvalue weighted by Crippen LogP contribution is -2.53. The van der Waals surface area contributed by atoms with Crippen LogP contribution in [0.5, 0.6) is 0 Å². The molecule has 2 heterocycles. The molecule has 3 aromatic carbocycles. The maximum absolute atomic E-state index is 13.3. The first-order valence-electron chi connectivity index (χ1n) is 14.9. The first-order valence-corrected chi connectivity index (χ1v) is 18.3. The number of hydrogen-bond acceptors (Lipinski definition) is 10. The van der Waals surface area contributed by atoms with Gasteiger partial charge in [-0.1, -0.05) is 60.1 Å². The Balaban J connectivity index is 0.000000257. The fourth-order valence-electron chi connectivity index (χ4n) is 5.30. The van der Waals surface area contributed by atoms with Gasteiger partial charge in [-0.3, -0.25) is 24.6 Å². The SMILES string of the molecule is CCOC(=O)[C@H](CCc1ccccc1)N[C@H]1CCc2ccccc2N(CC(=O)O)C1=O.NS(=O)(=O)c1cc2c(cc1Cl)NCNS2(=O)=O. The van der Waals surface area contributed by atoms with Gasteiger partial charge in [0.2, 0.25) is 26.0 Å². The summed E-state index contributed by atoms with van der Waals surface area (Å²) in [5, 5.41) is 20.1. The standard InChI is InChI=1S/C24H28N2O5.C7H8ClN3O4S2/c1-2-31-24(30)20(14-12-17-8-4-3-5-9-17)25-19-15-13-18-10-6-7-11-21(18)26(23(19)29)16-22(27)28;8-4-1-5-7(2-6(4)16(9,12)13)17(14,15)11-3-10-5/h3-11,19-20,25H,2,12-16H2,1H3,(H,27,28);1-2,10-11H,3H2,(H2,9,12,13)/t19-,20-;/m0./s1. The fourth-order valence-corrected chi connectivity index (χ4v) is 7.58. The Bertz CT molecular complexity index is 1880. The molecule has 0 bridgehead atoms. The third kappa shape index (κ3) is 9.30. The van der Waals surface area contributed by atoms with Gasteiger partial charge in [-0.2, -0.15) is 4.72 Å². The Kier molecular flexibility index (Phi) is 12.2. The Morgan fingerprint density at radius 2 is 1.83 bits per heavy atom. The van der Waals surface area contributed by atoms with Crippen LogP contribution >= 0.6 is 11.6 Å². The van der Waals surface area contributed by atoms with Crippen LogP contribution in [0.3, 0.4) is 0 Å². The summed E-state index contributed by atoms with van der Waals surface area (Å²) in [6.07, 6.45) is 2.19. The zero-order valence-electron chi connectivity index (χ0n) is 25.9. The molecule has 1 amide bonds. The first-order chi connectivity index (χ1) is 22.7. The summed E-state index contributed by atoms with van der Waals surface area (Å²) < 4.78 is 53.1. The van der Waals surface area contributed by atoms with Crippen molar-refractivity contribution in [3.63, 3.8) is 0 Å². The molecule has 14 nitrogen and oxygen atoms in total. The highest BCUT2D eigenvalue weighted by Gasteiger charge is 2.34. The normalized spacial score (nSPS) is 17.4. The lowest BCUT2D eigenvalue weighted by molar-refractivity contribution is -0.146. The Hall–Kier alpha value is -4.06. The lowest BCUT2D eigenvalue weighted by Gasteiger charge is -2.27. The number of carbonyl (C=O) groups is 3. The highest BCUT2D eigenvalue weighted by Crippen LogP contribution is 2.32. The maximum atomic E-state index is 13.3. The number of benzene rings is 3. The predicted molar refractivity (Wildman–Crippen MR) is 178 cm³/mol. The predicted octanol–water partition coefficient (Wildman–Crippen LogP) is 2.22. The number of sulfonamides is 2. The van der Waals surface area contributed by atoms with E-state index in [1.165, 1.54) is 11.0 Å². The molecule has 0 fully saturated rings. The average molecular weight is 722 g/mol. The van der Waals surface area contributed by atoms with E-state index >= 15 is 0 Å². The molecule has 0 radical (unpaired) electrons. The molecule has 17 heteroatoms. The molecule has 3 aromatic rings. The monoisotopic (exact) mass is 721 g/mol. The van der Waals surface area contributed by atoms with Gasteiger partial charge in [0, 0.05) is 5.69 Å². The van der Waals surface area contributed by atoms with Gasteiger partial charge in [-0.25, -0.2) is 22.0 Å². The zero-order valence-corrected chi connectivity index (χ0v) is 28.3. The quantitative estimate of drug-likeness (QED) is 0.191. The first kappa shape index (κ1) is 36.8. The van der Waals surface area contributed by atoms with E-state index in [1.807, 2.05) is 42.5 Å². The van der Waals surface area contributed by atoms with Gasteiger partial charge < -0.3 is 15.2 Å². The van der Waals surface area contributed by atoms with Crippen LogP contribution in [-0.4, -0.2) is 71.7 Å². The Morgan fingerprint density at radius 1 is 1.15 bits per heavy atom. The number of esters is 1. The number of nitrogens with one attached hydrogen (secondary N) is 3. The van der Waals surface area contributed by atoms with Crippen LogP contribution in [0.2, 0.25) is 5.02 Å². The number of para-hydroxylation sites is 1. The number of nitrogens with two attached hydrogens (primary N) is 1. The van der Waals surface area contributed by atoms with E-state index in [2.05, 4.69) is 15.4 Å². The van der Waals surface area contributed by atoms with Crippen LogP contribution in [0.1, 0.15) is 30.9 Å². The van der Waals surface area contributed by atoms with Crippen LogP contribution < -0.4 is 25.4 Å². The number of carboxylic acid groups (broad SMARTS) is 1. The topological polar surface area (TPSA) is 214 Å². The van der Waals surface area contributed by atoms with E-state index in [0.29, 0.717) is 31.4 Å². The molecule has 6 N–H and O–H groups in total. The summed E-state index contributed by atoms with van der Waals surface area (Å²) in [6, 6.07) is 17.9. The summed E-state index contributed by atoms with van der Waals surface area (Å²) >= 11 is 5.72. The molecule has 2 aliphatic heterocycles.